The average molecular weight is 277 g/mol. The van der Waals surface area contributed by atoms with E-state index in [0.29, 0.717) is 17.5 Å². The van der Waals surface area contributed by atoms with Crippen LogP contribution in [0.3, 0.4) is 0 Å². The van der Waals surface area contributed by atoms with Gasteiger partial charge in [0.25, 0.3) is 11.8 Å². The van der Waals surface area contributed by atoms with Gasteiger partial charge in [0.1, 0.15) is 6.61 Å². The van der Waals surface area contributed by atoms with Crippen LogP contribution >= 0.6 is 0 Å². The van der Waals surface area contributed by atoms with Crippen LogP contribution in [0.4, 0.5) is 0 Å². The molecule has 0 atom stereocenters. The monoisotopic (exact) mass is 277 g/mol. The maximum Gasteiger partial charge on any atom is 0.332 e. The van der Waals surface area contributed by atoms with Crippen molar-refractivity contribution in [2.45, 2.75) is 6.42 Å². The van der Waals surface area contributed by atoms with Crippen molar-refractivity contribution < 1.29 is 23.9 Å². The molecule has 0 radical (unpaired) electrons. The first-order valence-electron chi connectivity index (χ1n) is 6.25. The largest absolute Gasteiger partial charge is 0.464 e. The molecule has 6 heteroatoms. The topological polar surface area (TPSA) is 72.9 Å². The van der Waals surface area contributed by atoms with Gasteiger partial charge in [-0.2, -0.15) is 0 Å². The van der Waals surface area contributed by atoms with Gasteiger partial charge in [0.05, 0.1) is 17.7 Å². The highest BCUT2D eigenvalue weighted by Gasteiger charge is 2.34. The van der Waals surface area contributed by atoms with Crippen LogP contribution in [0, 0.1) is 0 Å². The summed E-state index contributed by atoms with van der Waals surface area (Å²) in [6.07, 6.45) is 0.404. The number of ether oxygens (including phenoxy) is 2. The second-order valence-electron chi connectivity index (χ2n) is 4.31. The van der Waals surface area contributed by atoms with Gasteiger partial charge in [-0.25, -0.2) is 4.79 Å². The molecule has 0 bridgehead atoms. The molecule has 2 rings (SSSR count). The van der Waals surface area contributed by atoms with Crippen molar-refractivity contribution in [2.24, 2.45) is 0 Å². The number of hydrogen-bond donors (Lipinski definition) is 0. The number of carbonyl (C=O) groups is 3. The Balaban J connectivity index is 1.85. The molecule has 0 unspecified atom stereocenters. The molecule has 1 aromatic carbocycles. The van der Waals surface area contributed by atoms with E-state index in [4.69, 9.17) is 4.74 Å². The first kappa shape index (κ1) is 14.2. The average Bonchev–Trinajstić information content (AvgIpc) is 2.69. The highest BCUT2D eigenvalue weighted by atomic mass is 16.6. The number of esters is 1. The number of hydrogen-bond acceptors (Lipinski definition) is 5. The highest BCUT2D eigenvalue weighted by Crippen LogP contribution is 2.22. The number of amides is 2. The van der Waals surface area contributed by atoms with Gasteiger partial charge in [-0.15, -0.1) is 0 Å². The van der Waals surface area contributed by atoms with E-state index in [0.717, 1.165) is 0 Å². The van der Waals surface area contributed by atoms with Crippen LogP contribution in [0.2, 0.25) is 0 Å². The van der Waals surface area contributed by atoms with Crippen molar-refractivity contribution in [2.75, 3.05) is 26.9 Å². The Morgan fingerprint density at radius 1 is 1.15 bits per heavy atom. The molecule has 0 aliphatic carbocycles. The summed E-state index contributed by atoms with van der Waals surface area (Å²) in [4.78, 5) is 36.3. The van der Waals surface area contributed by atoms with E-state index in [9.17, 15) is 14.4 Å². The number of carbonyl (C=O) groups excluding carboxylic acids is 3. The van der Waals surface area contributed by atoms with Crippen molar-refractivity contribution in [1.82, 2.24) is 4.90 Å². The Labute approximate surface area is 116 Å². The van der Waals surface area contributed by atoms with Gasteiger partial charge < -0.3 is 9.47 Å². The minimum Gasteiger partial charge on any atom is -0.464 e. The molecule has 0 saturated heterocycles. The summed E-state index contributed by atoms with van der Waals surface area (Å²) < 4.78 is 9.49. The predicted octanol–water partition coefficient (Wildman–Crippen LogP) is 0.862. The first-order chi connectivity index (χ1) is 9.65. The molecule has 0 N–H and O–H groups in total. The fraction of sp³-hybridized carbons (Fsp3) is 0.357. The zero-order chi connectivity index (χ0) is 14.5. The zero-order valence-corrected chi connectivity index (χ0v) is 11.1. The Bertz CT molecular complexity index is 505. The van der Waals surface area contributed by atoms with Crippen LogP contribution in [0.5, 0.6) is 0 Å². The van der Waals surface area contributed by atoms with Gasteiger partial charge in [0.2, 0.25) is 0 Å². The van der Waals surface area contributed by atoms with E-state index in [1.54, 1.807) is 24.3 Å². The molecule has 20 heavy (non-hydrogen) atoms. The predicted molar refractivity (Wildman–Crippen MR) is 69.3 cm³/mol. The van der Waals surface area contributed by atoms with Crippen molar-refractivity contribution >= 4 is 17.8 Å². The second-order valence-corrected chi connectivity index (χ2v) is 4.31. The van der Waals surface area contributed by atoms with Gasteiger partial charge in [-0.05, 0) is 18.6 Å². The van der Waals surface area contributed by atoms with Crippen LogP contribution in [0.15, 0.2) is 24.3 Å². The minimum absolute atomic E-state index is 0.104. The number of fused-ring (bicyclic) bond motifs is 1. The van der Waals surface area contributed by atoms with Gasteiger partial charge in [0, 0.05) is 13.7 Å². The van der Waals surface area contributed by atoms with Crippen LogP contribution in [-0.4, -0.2) is 49.6 Å². The quantitative estimate of drug-likeness (QED) is 0.438. The minimum atomic E-state index is -0.463. The molecular formula is C14H15NO5. The summed E-state index contributed by atoms with van der Waals surface area (Å²) in [5.74, 6) is -1.06. The lowest BCUT2D eigenvalue weighted by Crippen LogP contribution is -2.31. The lowest BCUT2D eigenvalue weighted by molar-refractivity contribution is -0.148. The number of methoxy groups -OCH3 is 1. The number of benzene rings is 1. The van der Waals surface area contributed by atoms with Crippen LogP contribution in [0.25, 0.3) is 0 Å². The molecule has 106 valence electrons. The molecule has 2 amide bonds. The van der Waals surface area contributed by atoms with Crippen LogP contribution in [-0.2, 0) is 14.3 Å². The number of rotatable bonds is 6. The zero-order valence-electron chi connectivity index (χ0n) is 11.1. The fourth-order valence-electron chi connectivity index (χ4n) is 2.01. The molecular weight excluding hydrogens is 262 g/mol. The van der Waals surface area contributed by atoms with E-state index in [2.05, 4.69) is 4.74 Å². The van der Waals surface area contributed by atoms with Crippen LogP contribution < -0.4 is 0 Å². The standard InChI is InChI=1S/C14H15NO5/c1-19-9-12(16)20-8-4-7-15-13(17)10-5-2-3-6-11(10)14(15)18/h2-3,5-6H,4,7-9H2,1H3. The Morgan fingerprint density at radius 3 is 2.30 bits per heavy atom. The van der Waals surface area contributed by atoms with E-state index in [1.165, 1.54) is 12.0 Å². The Hall–Kier alpha value is -2.21. The molecule has 1 aliphatic heterocycles. The normalized spacial score (nSPS) is 13.6. The summed E-state index contributed by atoms with van der Waals surface area (Å²) in [6.45, 7) is 0.273. The summed E-state index contributed by atoms with van der Waals surface area (Å²) in [5.41, 5.74) is 0.850. The van der Waals surface area contributed by atoms with Crippen molar-refractivity contribution in [3.63, 3.8) is 0 Å². The third-order valence-corrected chi connectivity index (χ3v) is 2.93. The van der Waals surface area contributed by atoms with E-state index >= 15 is 0 Å². The first-order valence-corrected chi connectivity index (χ1v) is 6.25. The number of nitrogens with zero attached hydrogens (tertiary/aromatic N) is 1. The van der Waals surface area contributed by atoms with E-state index in [1.807, 2.05) is 0 Å². The molecule has 0 saturated carbocycles. The van der Waals surface area contributed by atoms with Crippen molar-refractivity contribution in [1.29, 1.82) is 0 Å². The van der Waals surface area contributed by atoms with Crippen molar-refractivity contribution in [3.8, 4) is 0 Å². The van der Waals surface area contributed by atoms with E-state index in [-0.39, 0.29) is 31.6 Å². The van der Waals surface area contributed by atoms with Gasteiger partial charge >= 0.3 is 5.97 Å². The Kier molecular flexibility index (Phi) is 4.47. The third-order valence-electron chi connectivity index (χ3n) is 2.93. The molecule has 1 heterocycles. The second kappa shape index (κ2) is 6.29. The highest BCUT2D eigenvalue weighted by molar-refractivity contribution is 6.21. The molecule has 1 aromatic rings. The van der Waals surface area contributed by atoms with Gasteiger partial charge in [-0.3, -0.25) is 14.5 Å². The molecule has 6 nitrogen and oxygen atoms in total. The fourth-order valence-corrected chi connectivity index (χ4v) is 2.01. The van der Waals surface area contributed by atoms with E-state index < -0.39 is 5.97 Å². The van der Waals surface area contributed by atoms with Gasteiger partial charge in [-0.1, -0.05) is 12.1 Å². The lowest BCUT2D eigenvalue weighted by Gasteiger charge is -2.13. The summed E-state index contributed by atoms with van der Waals surface area (Å²) >= 11 is 0. The Morgan fingerprint density at radius 2 is 1.75 bits per heavy atom. The number of imide groups is 1. The summed E-state index contributed by atoms with van der Waals surface area (Å²) in [7, 11) is 1.40. The maximum absolute atomic E-state index is 12.0. The maximum atomic E-state index is 12.0. The smallest absolute Gasteiger partial charge is 0.332 e. The molecule has 1 aliphatic rings. The SMILES string of the molecule is COCC(=O)OCCCN1C(=O)c2ccccc2C1=O. The van der Waals surface area contributed by atoms with Gasteiger partial charge in [0.15, 0.2) is 0 Å². The molecule has 0 spiro atoms. The lowest BCUT2D eigenvalue weighted by atomic mass is 10.1. The summed E-state index contributed by atoms with van der Waals surface area (Å²) in [6, 6.07) is 6.71. The molecule has 0 aromatic heterocycles. The van der Waals surface area contributed by atoms with Crippen LogP contribution in [0.1, 0.15) is 27.1 Å². The van der Waals surface area contributed by atoms with Crippen molar-refractivity contribution in [3.05, 3.63) is 35.4 Å². The molecule has 0 fully saturated rings. The summed E-state index contributed by atoms with van der Waals surface area (Å²) in [5, 5.41) is 0. The third kappa shape index (κ3) is 2.85.